The van der Waals surface area contributed by atoms with E-state index >= 15 is 0 Å². The number of carbonyl (C=O) groups is 1. The number of nitrogens with one attached hydrogen (secondary N) is 1. The van der Waals surface area contributed by atoms with Crippen LogP contribution in [0.3, 0.4) is 0 Å². The number of H-pyrrole nitrogens is 1. The first-order valence-corrected chi connectivity index (χ1v) is 13.0. The smallest absolute Gasteiger partial charge is 0.416 e. The molecule has 2 aromatic carbocycles. The Bertz CT molecular complexity index is 1290. The van der Waals surface area contributed by atoms with Crippen LogP contribution in [0.5, 0.6) is 5.75 Å². The van der Waals surface area contributed by atoms with Crippen LogP contribution in [0, 0.1) is 0 Å². The van der Waals surface area contributed by atoms with Crippen LogP contribution in [0.4, 0.5) is 13.2 Å². The number of aromatic amines is 1. The Morgan fingerprint density at radius 3 is 2.56 bits per heavy atom. The number of phenols is 1. The van der Waals surface area contributed by atoms with Gasteiger partial charge in [0.1, 0.15) is 11.5 Å². The number of hydrogen-bond acceptors (Lipinski definition) is 5. The second-order valence-corrected chi connectivity index (χ2v) is 9.87. The van der Waals surface area contributed by atoms with Crippen LogP contribution >= 0.6 is 23.4 Å². The lowest BCUT2D eigenvalue weighted by Gasteiger charge is -2.19. The van der Waals surface area contributed by atoms with Gasteiger partial charge in [-0.3, -0.25) is 9.59 Å². The first-order valence-electron chi connectivity index (χ1n) is 11.7. The van der Waals surface area contributed by atoms with E-state index in [0.717, 1.165) is 49.8 Å². The Morgan fingerprint density at radius 1 is 1.14 bits per heavy atom. The molecule has 0 radical (unpaired) electrons. The van der Waals surface area contributed by atoms with Crippen LogP contribution in [0.15, 0.2) is 46.1 Å². The van der Waals surface area contributed by atoms with Crippen molar-refractivity contribution in [3.8, 4) is 16.9 Å². The molecule has 0 fully saturated rings. The molecule has 1 aromatic heterocycles. The van der Waals surface area contributed by atoms with Gasteiger partial charge in [-0.1, -0.05) is 31.9 Å². The number of aromatic nitrogens is 1. The number of fused-ring (bicyclic) bond motifs is 1. The number of carbonyl (C=O) groups excluding carboxylic acids is 1. The number of aromatic hydroxyl groups is 1. The lowest BCUT2D eigenvalue weighted by Crippen LogP contribution is -2.27. The van der Waals surface area contributed by atoms with Crippen LogP contribution < -0.4 is 5.56 Å². The number of benzene rings is 2. The predicted molar refractivity (Wildman–Crippen MR) is 139 cm³/mol. The van der Waals surface area contributed by atoms with Crippen molar-refractivity contribution in [2.75, 3.05) is 25.4 Å². The highest BCUT2D eigenvalue weighted by Gasteiger charge is 2.31. The summed E-state index contributed by atoms with van der Waals surface area (Å²) >= 11 is 7.07. The van der Waals surface area contributed by atoms with E-state index in [-0.39, 0.29) is 49.2 Å². The van der Waals surface area contributed by atoms with E-state index in [1.807, 2.05) is 6.92 Å². The third-order valence-corrected chi connectivity index (χ3v) is 7.26. The number of alkyl halides is 3. The molecule has 0 saturated heterocycles. The fourth-order valence-electron chi connectivity index (χ4n) is 3.88. The van der Waals surface area contributed by atoms with Crippen molar-refractivity contribution >= 4 is 40.0 Å². The monoisotopic (exact) mass is 540 g/mol. The van der Waals surface area contributed by atoms with Crippen LogP contribution in [0.25, 0.3) is 22.0 Å². The highest BCUT2D eigenvalue weighted by molar-refractivity contribution is 8.00. The number of unbranched alkanes of at least 4 members (excludes halogenated alkanes) is 1. The summed E-state index contributed by atoms with van der Waals surface area (Å²) in [6, 6.07) is 7.14. The topological polar surface area (TPSA) is 73.4 Å². The molecule has 0 spiro atoms. The van der Waals surface area contributed by atoms with E-state index in [9.17, 15) is 27.9 Å². The largest absolute Gasteiger partial charge is 0.507 e. The maximum absolute atomic E-state index is 13.5. The van der Waals surface area contributed by atoms with E-state index in [2.05, 4.69) is 16.8 Å². The number of rotatable bonds is 11. The van der Waals surface area contributed by atoms with Crippen LogP contribution in [-0.4, -0.2) is 46.2 Å². The SMILES string of the molecule is CCCCN(CC)CCC(=O)CSc1c(-c2cc(Cl)ccc2O)c2cc(C(F)(F)F)ccc2[nH]c1=O. The molecule has 0 saturated carbocycles. The van der Waals surface area contributed by atoms with Gasteiger partial charge in [-0.05, 0) is 55.9 Å². The quantitative estimate of drug-likeness (QED) is 0.263. The van der Waals surface area contributed by atoms with Crippen LogP contribution in [0.2, 0.25) is 5.02 Å². The molecular weight excluding hydrogens is 513 g/mol. The highest BCUT2D eigenvalue weighted by Crippen LogP contribution is 2.42. The molecule has 5 nitrogen and oxygen atoms in total. The summed E-state index contributed by atoms with van der Waals surface area (Å²) in [6.07, 6.45) is -2.22. The Hall–Kier alpha value is -2.49. The number of thioether (sulfide) groups is 1. The summed E-state index contributed by atoms with van der Waals surface area (Å²) in [5, 5.41) is 10.9. The lowest BCUT2D eigenvalue weighted by molar-refractivity contribution is -0.137. The van der Waals surface area contributed by atoms with Gasteiger partial charge in [-0.15, -0.1) is 11.8 Å². The molecule has 0 aliphatic carbocycles. The Balaban J connectivity index is 2.02. The number of halogens is 4. The molecule has 36 heavy (non-hydrogen) atoms. The third kappa shape index (κ3) is 6.83. The fourth-order valence-corrected chi connectivity index (χ4v) is 5.05. The van der Waals surface area contributed by atoms with E-state index in [1.165, 1.54) is 24.3 Å². The van der Waals surface area contributed by atoms with Gasteiger partial charge in [0, 0.05) is 40.0 Å². The predicted octanol–water partition coefficient (Wildman–Crippen LogP) is 6.75. The molecule has 3 rings (SSSR count). The van der Waals surface area contributed by atoms with Gasteiger partial charge >= 0.3 is 6.18 Å². The number of hydrogen-bond donors (Lipinski definition) is 2. The van der Waals surface area contributed by atoms with Crippen molar-refractivity contribution in [1.29, 1.82) is 0 Å². The summed E-state index contributed by atoms with van der Waals surface area (Å²) in [7, 11) is 0. The molecule has 0 atom stereocenters. The normalized spacial score (nSPS) is 12.0. The van der Waals surface area contributed by atoms with Crippen molar-refractivity contribution in [2.45, 2.75) is 44.2 Å². The molecule has 1 heterocycles. The van der Waals surface area contributed by atoms with Gasteiger partial charge in [0.05, 0.1) is 16.2 Å². The molecular formula is C26H28ClF3N2O3S. The first-order chi connectivity index (χ1) is 17.0. The fraction of sp³-hybridized carbons (Fsp3) is 0.385. The maximum atomic E-state index is 13.5. The number of pyridine rings is 1. The average molecular weight is 541 g/mol. The van der Waals surface area contributed by atoms with E-state index in [1.54, 1.807) is 0 Å². The van der Waals surface area contributed by atoms with E-state index in [4.69, 9.17) is 11.6 Å². The molecule has 3 aromatic rings. The summed E-state index contributed by atoms with van der Waals surface area (Å²) < 4.78 is 40.5. The Labute approximate surface area is 216 Å². The van der Waals surface area contributed by atoms with Gasteiger partial charge in [0.2, 0.25) is 0 Å². The third-order valence-electron chi connectivity index (χ3n) is 5.89. The van der Waals surface area contributed by atoms with Gasteiger partial charge in [-0.25, -0.2) is 0 Å². The molecule has 2 N–H and O–H groups in total. The van der Waals surface area contributed by atoms with Gasteiger partial charge < -0.3 is 15.0 Å². The van der Waals surface area contributed by atoms with Crippen LogP contribution in [-0.2, 0) is 11.0 Å². The van der Waals surface area contributed by atoms with Crippen molar-refractivity contribution in [2.24, 2.45) is 0 Å². The summed E-state index contributed by atoms with van der Waals surface area (Å²) in [5.41, 5.74) is -1.07. The van der Waals surface area contributed by atoms with E-state index < -0.39 is 17.3 Å². The average Bonchev–Trinajstić information content (AvgIpc) is 2.83. The number of phenolic OH excluding ortho intramolecular Hbond substituents is 1. The minimum Gasteiger partial charge on any atom is -0.507 e. The van der Waals surface area contributed by atoms with Crippen molar-refractivity contribution in [3.05, 3.63) is 57.3 Å². The first kappa shape index (κ1) is 28.1. The zero-order valence-electron chi connectivity index (χ0n) is 20.0. The van der Waals surface area contributed by atoms with Crippen LogP contribution in [0.1, 0.15) is 38.7 Å². The number of nitrogens with zero attached hydrogens (tertiary/aromatic N) is 1. The highest BCUT2D eigenvalue weighted by atomic mass is 35.5. The number of ketones is 1. The lowest BCUT2D eigenvalue weighted by atomic mass is 9.98. The van der Waals surface area contributed by atoms with Crippen molar-refractivity contribution in [3.63, 3.8) is 0 Å². The summed E-state index contributed by atoms with van der Waals surface area (Å²) in [6.45, 7) is 6.45. The molecule has 0 aliphatic heterocycles. The zero-order valence-corrected chi connectivity index (χ0v) is 21.6. The minimum atomic E-state index is -4.61. The molecule has 0 unspecified atom stereocenters. The van der Waals surface area contributed by atoms with Crippen molar-refractivity contribution < 1.29 is 23.1 Å². The van der Waals surface area contributed by atoms with Gasteiger partial charge in [0.15, 0.2) is 0 Å². The molecule has 0 bridgehead atoms. The minimum absolute atomic E-state index is 0.0345. The molecule has 0 aliphatic rings. The zero-order chi connectivity index (χ0) is 26.5. The molecule has 0 amide bonds. The Morgan fingerprint density at radius 2 is 1.89 bits per heavy atom. The Kier molecular flexibility index (Phi) is 9.49. The van der Waals surface area contributed by atoms with Gasteiger partial charge in [-0.2, -0.15) is 13.2 Å². The summed E-state index contributed by atoms with van der Waals surface area (Å²) in [5.74, 6) is -0.362. The standard InChI is InChI=1S/C26H28ClF3N2O3S/c1-3-5-11-32(4-2)12-10-18(33)15-36-24-23(20-14-17(27)7-9-22(20)34)19-13-16(26(28,29)30)6-8-21(19)31-25(24)35/h6-9,13-14,34H,3-5,10-12,15H2,1-2H3,(H,31,35). The second kappa shape index (κ2) is 12.2. The maximum Gasteiger partial charge on any atom is 0.416 e. The van der Waals surface area contributed by atoms with Crippen molar-refractivity contribution in [1.82, 2.24) is 9.88 Å². The van der Waals surface area contributed by atoms with E-state index in [0.29, 0.717) is 13.0 Å². The van der Waals surface area contributed by atoms with Gasteiger partial charge in [0.25, 0.3) is 5.56 Å². The number of Topliss-reactive ketones (excluding diaryl/α,β-unsaturated/α-hetero) is 1. The summed E-state index contributed by atoms with van der Waals surface area (Å²) in [4.78, 5) is 30.5. The molecule has 194 valence electrons. The second-order valence-electron chi connectivity index (χ2n) is 8.44. The molecule has 10 heteroatoms.